The monoisotopic (exact) mass is 456 g/mol. The smallest absolute Gasteiger partial charge is 0.246 e. The molecule has 0 bridgehead atoms. The summed E-state index contributed by atoms with van der Waals surface area (Å²) in [6.45, 7) is 5.35. The van der Waals surface area contributed by atoms with Gasteiger partial charge in [-0.15, -0.1) is 11.3 Å². The molecule has 0 saturated carbocycles. The first-order chi connectivity index (χ1) is 16.0. The third kappa shape index (κ3) is 4.09. The molecule has 0 spiro atoms. The maximum atomic E-state index is 12.6. The van der Waals surface area contributed by atoms with Crippen molar-refractivity contribution in [1.29, 1.82) is 5.26 Å². The highest BCUT2D eigenvalue weighted by Crippen LogP contribution is 2.36. The number of aromatic amines is 1. The summed E-state index contributed by atoms with van der Waals surface area (Å²) in [5.41, 5.74) is 4.35. The molecule has 1 saturated heterocycles. The third-order valence-corrected chi connectivity index (χ3v) is 7.18. The fraction of sp³-hybridized carbons (Fsp3) is 0.240. The van der Waals surface area contributed by atoms with Crippen molar-refractivity contribution in [2.24, 2.45) is 0 Å². The van der Waals surface area contributed by atoms with Crippen LogP contribution in [-0.2, 0) is 4.79 Å². The van der Waals surface area contributed by atoms with Crippen molar-refractivity contribution >= 4 is 55.8 Å². The van der Waals surface area contributed by atoms with Crippen LogP contribution >= 0.6 is 11.3 Å². The molecular weight excluding hydrogens is 432 g/mol. The summed E-state index contributed by atoms with van der Waals surface area (Å²) in [5.74, 6) is 0.0278. The lowest BCUT2D eigenvalue weighted by molar-refractivity contribution is -0.127. The predicted octanol–water partition coefficient (Wildman–Crippen LogP) is 4.49. The summed E-state index contributed by atoms with van der Waals surface area (Å²) in [6, 6.07) is 10.3. The van der Waals surface area contributed by atoms with Crippen molar-refractivity contribution in [2.75, 3.05) is 38.5 Å². The van der Waals surface area contributed by atoms with Gasteiger partial charge >= 0.3 is 0 Å². The zero-order valence-electron chi connectivity index (χ0n) is 18.6. The number of nitrogens with zero attached hydrogens (tertiary/aromatic N) is 4. The van der Waals surface area contributed by atoms with Crippen molar-refractivity contribution in [3.05, 3.63) is 58.7 Å². The number of rotatable bonds is 4. The highest BCUT2D eigenvalue weighted by atomic mass is 32.1. The fourth-order valence-electron chi connectivity index (χ4n) is 4.15. The van der Waals surface area contributed by atoms with E-state index in [1.54, 1.807) is 12.3 Å². The molecule has 0 atom stereocenters. The number of benzene rings is 1. The zero-order chi connectivity index (χ0) is 22.9. The van der Waals surface area contributed by atoms with Crippen LogP contribution < -0.4 is 5.32 Å². The molecule has 7 nitrogen and oxygen atoms in total. The van der Waals surface area contributed by atoms with E-state index in [4.69, 9.17) is 0 Å². The van der Waals surface area contributed by atoms with Gasteiger partial charge in [0, 0.05) is 71.5 Å². The maximum Gasteiger partial charge on any atom is 0.246 e. The minimum Gasteiger partial charge on any atom is -0.361 e. The lowest BCUT2D eigenvalue weighted by Gasteiger charge is -2.31. The lowest BCUT2D eigenvalue weighted by atomic mass is 10.1. The fourth-order valence-corrected chi connectivity index (χ4v) is 5.06. The van der Waals surface area contributed by atoms with Crippen LogP contribution in [0, 0.1) is 18.3 Å². The molecule has 4 aromatic rings. The van der Waals surface area contributed by atoms with E-state index in [2.05, 4.69) is 40.2 Å². The molecule has 2 N–H and O–H groups in total. The van der Waals surface area contributed by atoms with E-state index < -0.39 is 0 Å². The number of hydrogen-bond acceptors (Lipinski definition) is 6. The van der Waals surface area contributed by atoms with Gasteiger partial charge in [-0.1, -0.05) is 0 Å². The van der Waals surface area contributed by atoms with Gasteiger partial charge in [0.15, 0.2) is 0 Å². The van der Waals surface area contributed by atoms with Crippen LogP contribution in [0.25, 0.3) is 27.2 Å². The van der Waals surface area contributed by atoms with E-state index in [9.17, 15) is 10.1 Å². The van der Waals surface area contributed by atoms with E-state index in [1.165, 1.54) is 11.3 Å². The van der Waals surface area contributed by atoms with Gasteiger partial charge in [-0.3, -0.25) is 4.79 Å². The molecule has 0 aliphatic carbocycles. The molecule has 33 heavy (non-hydrogen) atoms. The van der Waals surface area contributed by atoms with Crippen molar-refractivity contribution in [1.82, 2.24) is 19.8 Å². The summed E-state index contributed by atoms with van der Waals surface area (Å²) in [7, 11) is 2.07. The number of likely N-dealkylation sites (N-methyl/N-ethyl adjacent to an activating group) is 1. The molecule has 4 heterocycles. The zero-order valence-corrected chi connectivity index (χ0v) is 19.4. The van der Waals surface area contributed by atoms with Crippen LogP contribution in [0.3, 0.4) is 0 Å². The second kappa shape index (κ2) is 8.70. The quantitative estimate of drug-likeness (QED) is 0.442. The van der Waals surface area contributed by atoms with Gasteiger partial charge in [0.2, 0.25) is 5.91 Å². The second-order valence-corrected chi connectivity index (χ2v) is 9.35. The van der Waals surface area contributed by atoms with E-state index in [0.29, 0.717) is 5.56 Å². The number of anilines is 2. The van der Waals surface area contributed by atoms with Gasteiger partial charge < -0.3 is 20.1 Å². The van der Waals surface area contributed by atoms with Gasteiger partial charge in [-0.05, 0) is 49.9 Å². The first-order valence-corrected chi connectivity index (χ1v) is 11.7. The van der Waals surface area contributed by atoms with E-state index in [0.717, 1.165) is 69.1 Å². The molecule has 0 radical (unpaired) electrons. The highest BCUT2D eigenvalue weighted by molar-refractivity contribution is 7.19. The first kappa shape index (κ1) is 21.2. The molecule has 1 aromatic carbocycles. The first-order valence-electron chi connectivity index (χ1n) is 10.9. The van der Waals surface area contributed by atoms with Crippen LogP contribution in [0.5, 0.6) is 0 Å². The molecule has 1 fully saturated rings. The maximum absolute atomic E-state index is 12.6. The number of H-pyrrole nitrogens is 1. The molecule has 0 unspecified atom stereocenters. The Hall–Kier alpha value is -3.67. The number of carbonyl (C=O) groups excluding carboxylic acids is 1. The Morgan fingerprint density at radius 2 is 2.06 bits per heavy atom. The minimum absolute atomic E-state index is 0.0278. The largest absolute Gasteiger partial charge is 0.361 e. The molecule has 166 valence electrons. The predicted molar refractivity (Wildman–Crippen MR) is 134 cm³/mol. The van der Waals surface area contributed by atoms with Gasteiger partial charge in [0.05, 0.1) is 11.3 Å². The summed E-state index contributed by atoms with van der Waals surface area (Å²) in [6.07, 6.45) is 7.01. The molecule has 1 amide bonds. The summed E-state index contributed by atoms with van der Waals surface area (Å²) in [5, 5.41) is 15.2. The third-order valence-electron chi connectivity index (χ3n) is 6.17. The Morgan fingerprint density at radius 1 is 1.24 bits per heavy atom. The van der Waals surface area contributed by atoms with Crippen molar-refractivity contribution in [3.8, 4) is 6.07 Å². The van der Waals surface area contributed by atoms with Crippen molar-refractivity contribution in [3.63, 3.8) is 0 Å². The minimum atomic E-state index is 0.0278. The lowest BCUT2D eigenvalue weighted by Crippen LogP contribution is -2.46. The standard InChI is InChI=1S/C25H24N6OS/c1-16-19-7-8-27-22(19)5-4-21(16)29-24-17(14-26)15-28-25-20(24)13-18(33-25)3-6-23(32)31-11-9-30(2)10-12-31/h3-8,13,15,27H,9-12H2,1-2H3,(H,28,29)/b6-3+. The Labute approximate surface area is 195 Å². The van der Waals surface area contributed by atoms with Crippen LogP contribution in [0.4, 0.5) is 11.4 Å². The number of fused-ring (bicyclic) bond motifs is 2. The summed E-state index contributed by atoms with van der Waals surface area (Å²) in [4.78, 5) is 26.1. The van der Waals surface area contributed by atoms with E-state index >= 15 is 0 Å². The number of nitriles is 1. The van der Waals surface area contributed by atoms with Crippen LogP contribution in [0.15, 0.2) is 42.7 Å². The Kier molecular flexibility index (Phi) is 5.58. The van der Waals surface area contributed by atoms with Crippen molar-refractivity contribution < 1.29 is 4.79 Å². The SMILES string of the molecule is Cc1c(Nc2c(C#N)cnc3sc(/C=C/C(=O)N4CCN(C)CC4)cc23)ccc2[nH]ccc12. The molecule has 8 heteroatoms. The highest BCUT2D eigenvalue weighted by Gasteiger charge is 2.17. The number of thiophene rings is 1. The number of aromatic nitrogens is 2. The number of hydrogen-bond donors (Lipinski definition) is 2. The van der Waals surface area contributed by atoms with Crippen LogP contribution in [0.2, 0.25) is 0 Å². The second-order valence-electron chi connectivity index (χ2n) is 8.29. The molecule has 1 aliphatic heterocycles. The number of carbonyl (C=O) groups is 1. The molecule has 3 aromatic heterocycles. The Bertz CT molecular complexity index is 1420. The van der Waals surface area contributed by atoms with Crippen LogP contribution in [-0.4, -0.2) is 58.9 Å². The van der Waals surface area contributed by atoms with Crippen molar-refractivity contribution in [2.45, 2.75) is 6.92 Å². The summed E-state index contributed by atoms with van der Waals surface area (Å²) >= 11 is 1.51. The number of nitrogens with one attached hydrogen (secondary N) is 2. The molecular formula is C25H24N6OS. The number of amides is 1. The Morgan fingerprint density at radius 3 is 2.85 bits per heavy atom. The number of aryl methyl sites for hydroxylation is 1. The normalized spacial score (nSPS) is 14.9. The van der Waals surface area contributed by atoms with Crippen LogP contribution in [0.1, 0.15) is 16.0 Å². The van der Waals surface area contributed by atoms with Gasteiger partial charge in [0.1, 0.15) is 10.9 Å². The van der Waals surface area contributed by atoms with Gasteiger partial charge in [-0.25, -0.2) is 4.98 Å². The average molecular weight is 457 g/mol. The van der Waals surface area contributed by atoms with Gasteiger partial charge in [-0.2, -0.15) is 5.26 Å². The van der Waals surface area contributed by atoms with Gasteiger partial charge in [0.25, 0.3) is 0 Å². The topological polar surface area (TPSA) is 88.0 Å². The average Bonchev–Trinajstić information content (AvgIpc) is 3.47. The number of piperazine rings is 1. The summed E-state index contributed by atoms with van der Waals surface area (Å²) < 4.78 is 0. The van der Waals surface area contributed by atoms with E-state index in [1.807, 2.05) is 41.4 Å². The number of pyridine rings is 1. The van der Waals surface area contributed by atoms with E-state index in [-0.39, 0.29) is 5.91 Å². The molecule has 5 rings (SSSR count). The molecule has 1 aliphatic rings. The Balaban J connectivity index is 1.45.